The number of benzene rings is 1. The number of hydrogen-bond donors (Lipinski definition) is 1. The normalized spacial score (nSPS) is 14.0. The van der Waals surface area contributed by atoms with E-state index in [1.54, 1.807) is 19.1 Å². The Morgan fingerprint density at radius 3 is 2.18 bits per heavy atom. The van der Waals surface area contributed by atoms with Gasteiger partial charge in [-0.2, -0.15) is 0 Å². The number of rotatable bonds is 7. The van der Waals surface area contributed by atoms with Crippen molar-refractivity contribution in [2.45, 2.75) is 46.1 Å². The molecule has 1 N–H and O–H groups in total. The van der Waals surface area contributed by atoms with Crippen molar-refractivity contribution in [3.63, 3.8) is 0 Å². The van der Waals surface area contributed by atoms with Crippen LogP contribution in [0.5, 0.6) is 5.75 Å². The molecular formula is C17H24O5. The van der Waals surface area contributed by atoms with E-state index in [1.165, 1.54) is 13.8 Å². The van der Waals surface area contributed by atoms with Crippen LogP contribution in [-0.4, -0.2) is 29.3 Å². The van der Waals surface area contributed by atoms with Crippen LogP contribution in [0.2, 0.25) is 0 Å². The fraction of sp³-hybridized carbons (Fsp3) is 0.529. The molecular weight excluding hydrogens is 284 g/mol. The molecule has 2 atom stereocenters. The van der Waals surface area contributed by atoms with Crippen LogP contribution in [0.3, 0.4) is 0 Å². The Hall–Kier alpha value is -2.04. The van der Waals surface area contributed by atoms with Crippen molar-refractivity contribution in [1.29, 1.82) is 0 Å². The second-order valence-electron chi connectivity index (χ2n) is 5.82. The highest BCUT2D eigenvalue weighted by Gasteiger charge is 2.29. The topological polar surface area (TPSA) is 72.8 Å². The second kappa shape index (κ2) is 7.29. The Kier molecular flexibility index (Phi) is 5.97. The van der Waals surface area contributed by atoms with Gasteiger partial charge in [0.2, 0.25) is 0 Å². The van der Waals surface area contributed by atoms with Gasteiger partial charge in [0.15, 0.2) is 5.60 Å². The molecule has 1 aromatic carbocycles. The molecule has 22 heavy (non-hydrogen) atoms. The Balaban J connectivity index is 2.80. The first-order chi connectivity index (χ1) is 10.2. The molecule has 0 aliphatic carbocycles. The molecule has 0 aromatic heterocycles. The van der Waals surface area contributed by atoms with Crippen LogP contribution in [0.25, 0.3) is 0 Å². The fourth-order valence-corrected chi connectivity index (χ4v) is 1.94. The predicted octanol–water partition coefficient (Wildman–Crippen LogP) is 3.23. The molecule has 0 aliphatic rings. The molecule has 5 nitrogen and oxygen atoms in total. The molecule has 0 saturated heterocycles. The standard InChI is InChI=1S/C17H24O5/c1-6-21-15(18)12(3)11(2)13-7-9-14(10-8-13)22-17(4,5)16(19)20/h7-12H,6H2,1-5H3,(H,19,20). The van der Waals surface area contributed by atoms with E-state index in [9.17, 15) is 9.59 Å². The maximum Gasteiger partial charge on any atom is 0.347 e. The first kappa shape index (κ1) is 18.0. The van der Waals surface area contributed by atoms with Gasteiger partial charge in [-0.1, -0.05) is 26.0 Å². The minimum absolute atomic E-state index is 0.000541. The van der Waals surface area contributed by atoms with Gasteiger partial charge >= 0.3 is 11.9 Å². The SMILES string of the molecule is CCOC(=O)C(C)C(C)c1ccc(OC(C)(C)C(=O)O)cc1. The third-order valence-electron chi connectivity index (χ3n) is 3.70. The third kappa shape index (κ3) is 4.48. The van der Waals surface area contributed by atoms with Crippen LogP contribution in [0.4, 0.5) is 0 Å². The smallest absolute Gasteiger partial charge is 0.347 e. The number of ether oxygens (including phenoxy) is 2. The van der Waals surface area contributed by atoms with Gasteiger partial charge in [-0.15, -0.1) is 0 Å². The lowest BCUT2D eigenvalue weighted by Crippen LogP contribution is -2.37. The van der Waals surface area contributed by atoms with Crippen LogP contribution in [0, 0.1) is 5.92 Å². The number of hydrogen-bond acceptors (Lipinski definition) is 4. The number of carboxylic acid groups (broad SMARTS) is 1. The highest BCUT2D eigenvalue weighted by atomic mass is 16.5. The molecule has 0 spiro atoms. The highest BCUT2D eigenvalue weighted by Crippen LogP contribution is 2.28. The van der Waals surface area contributed by atoms with Crippen molar-refractivity contribution in [2.24, 2.45) is 5.92 Å². The average molecular weight is 308 g/mol. The summed E-state index contributed by atoms with van der Waals surface area (Å²) >= 11 is 0. The lowest BCUT2D eigenvalue weighted by molar-refractivity contribution is -0.152. The lowest BCUT2D eigenvalue weighted by atomic mass is 9.89. The molecule has 2 unspecified atom stereocenters. The Morgan fingerprint density at radius 2 is 1.73 bits per heavy atom. The van der Waals surface area contributed by atoms with Crippen molar-refractivity contribution in [1.82, 2.24) is 0 Å². The zero-order valence-corrected chi connectivity index (χ0v) is 13.8. The second-order valence-corrected chi connectivity index (χ2v) is 5.82. The predicted molar refractivity (Wildman–Crippen MR) is 83.0 cm³/mol. The van der Waals surface area contributed by atoms with E-state index in [2.05, 4.69) is 0 Å². The van der Waals surface area contributed by atoms with Crippen molar-refractivity contribution >= 4 is 11.9 Å². The third-order valence-corrected chi connectivity index (χ3v) is 3.70. The summed E-state index contributed by atoms with van der Waals surface area (Å²) < 4.78 is 10.5. The Labute approximate surface area is 131 Å². The van der Waals surface area contributed by atoms with Crippen molar-refractivity contribution in [3.05, 3.63) is 29.8 Å². The van der Waals surface area contributed by atoms with Gasteiger partial charge in [-0.3, -0.25) is 4.79 Å². The molecule has 0 saturated carbocycles. The summed E-state index contributed by atoms with van der Waals surface area (Å²) in [4.78, 5) is 22.8. The molecule has 0 fully saturated rings. The fourth-order valence-electron chi connectivity index (χ4n) is 1.94. The van der Waals surface area contributed by atoms with Crippen molar-refractivity contribution in [3.8, 4) is 5.75 Å². The van der Waals surface area contributed by atoms with E-state index >= 15 is 0 Å². The van der Waals surface area contributed by atoms with E-state index in [1.807, 2.05) is 26.0 Å². The van der Waals surface area contributed by atoms with E-state index in [0.717, 1.165) is 5.56 Å². The molecule has 1 aromatic rings. The zero-order chi connectivity index (χ0) is 16.9. The van der Waals surface area contributed by atoms with E-state index in [4.69, 9.17) is 14.6 Å². The number of carboxylic acids is 1. The van der Waals surface area contributed by atoms with Gasteiger partial charge in [0.05, 0.1) is 12.5 Å². The Morgan fingerprint density at radius 1 is 1.18 bits per heavy atom. The maximum absolute atomic E-state index is 11.8. The number of esters is 1. The summed E-state index contributed by atoms with van der Waals surface area (Å²) in [5.41, 5.74) is -0.313. The van der Waals surface area contributed by atoms with Crippen LogP contribution >= 0.6 is 0 Å². The van der Waals surface area contributed by atoms with Gasteiger partial charge in [0.1, 0.15) is 5.75 Å². The number of aliphatic carboxylic acids is 1. The molecule has 0 heterocycles. The van der Waals surface area contributed by atoms with Crippen LogP contribution in [0.1, 0.15) is 46.1 Å². The van der Waals surface area contributed by atoms with Crippen LogP contribution in [0.15, 0.2) is 24.3 Å². The minimum atomic E-state index is -1.29. The van der Waals surface area contributed by atoms with Gasteiger partial charge in [0.25, 0.3) is 0 Å². The van der Waals surface area contributed by atoms with Crippen molar-refractivity contribution < 1.29 is 24.2 Å². The first-order valence-corrected chi connectivity index (χ1v) is 7.38. The summed E-state index contributed by atoms with van der Waals surface area (Å²) in [6.07, 6.45) is 0. The summed E-state index contributed by atoms with van der Waals surface area (Å²) in [6, 6.07) is 7.12. The molecule has 5 heteroatoms. The number of carbonyl (C=O) groups excluding carboxylic acids is 1. The van der Waals surface area contributed by atoms with Crippen LogP contribution in [-0.2, 0) is 14.3 Å². The van der Waals surface area contributed by atoms with E-state index in [-0.39, 0.29) is 17.8 Å². The highest BCUT2D eigenvalue weighted by molar-refractivity contribution is 5.76. The quantitative estimate of drug-likeness (QED) is 0.783. The molecule has 0 aliphatic heterocycles. The number of carbonyl (C=O) groups is 2. The van der Waals surface area contributed by atoms with E-state index < -0.39 is 11.6 Å². The zero-order valence-electron chi connectivity index (χ0n) is 13.8. The van der Waals surface area contributed by atoms with Gasteiger partial charge in [0, 0.05) is 0 Å². The average Bonchev–Trinajstić information content (AvgIpc) is 2.46. The molecule has 122 valence electrons. The van der Waals surface area contributed by atoms with Gasteiger partial charge in [-0.05, 0) is 44.4 Å². The van der Waals surface area contributed by atoms with E-state index in [0.29, 0.717) is 12.4 Å². The molecule has 1 rings (SSSR count). The lowest BCUT2D eigenvalue weighted by Gasteiger charge is -2.22. The summed E-state index contributed by atoms with van der Waals surface area (Å²) in [5, 5.41) is 9.05. The summed E-state index contributed by atoms with van der Waals surface area (Å²) in [7, 11) is 0. The Bertz CT molecular complexity index is 518. The van der Waals surface area contributed by atoms with Crippen molar-refractivity contribution in [2.75, 3.05) is 6.61 Å². The largest absolute Gasteiger partial charge is 0.478 e. The minimum Gasteiger partial charge on any atom is -0.478 e. The summed E-state index contributed by atoms with van der Waals surface area (Å²) in [5.74, 6) is -1.02. The van der Waals surface area contributed by atoms with Gasteiger partial charge in [-0.25, -0.2) is 4.79 Å². The maximum atomic E-state index is 11.8. The monoisotopic (exact) mass is 308 g/mol. The van der Waals surface area contributed by atoms with Crippen LogP contribution < -0.4 is 4.74 Å². The van der Waals surface area contributed by atoms with Gasteiger partial charge < -0.3 is 14.6 Å². The summed E-state index contributed by atoms with van der Waals surface area (Å²) in [6.45, 7) is 8.93. The molecule has 0 radical (unpaired) electrons. The molecule has 0 bridgehead atoms. The first-order valence-electron chi connectivity index (χ1n) is 7.38. The molecule has 0 amide bonds.